The second-order valence-electron chi connectivity index (χ2n) is 7.80. The lowest BCUT2D eigenvalue weighted by atomic mass is 10.1. The Hall–Kier alpha value is -2.83. The Morgan fingerprint density at radius 3 is 1.62 bits per heavy atom. The third-order valence-electron chi connectivity index (χ3n) is 5.44. The second-order valence-corrected chi connectivity index (χ2v) is 7.80. The van der Waals surface area contributed by atoms with Crippen molar-refractivity contribution in [1.82, 2.24) is 0 Å². The minimum Gasteiger partial charge on any atom is -0.374 e. The van der Waals surface area contributed by atoms with Crippen LogP contribution in [0.15, 0.2) is 91.0 Å². The summed E-state index contributed by atoms with van der Waals surface area (Å²) in [6.45, 7) is 1.56. The third-order valence-corrected chi connectivity index (χ3v) is 5.44. The van der Waals surface area contributed by atoms with Crippen LogP contribution in [0.2, 0.25) is 0 Å². The van der Waals surface area contributed by atoms with E-state index < -0.39 is 24.4 Å². The summed E-state index contributed by atoms with van der Waals surface area (Å²) in [7, 11) is 0. The summed E-state index contributed by atoms with van der Waals surface area (Å²) in [5, 5.41) is 0. The van der Waals surface area contributed by atoms with Crippen LogP contribution in [-0.4, -0.2) is 37.3 Å². The van der Waals surface area contributed by atoms with Crippen LogP contribution >= 0.6 is 0 Å². The normalized spacial score (nSPS) is 22.6. The van der Waals surface area contributed by atoms with E-state index in [4.69, 9.17) is 18.9 Å². The molecule has 0 amide bonds. The molecule has 0 bridgehead atoms. The van der Waals surface area contributed by atoms with Gasteiger partial charge in [-0.15, -0.1) is 0 Å². The van der Waals surface area contributed by atoms with Crippen molar-refractivity contribution in [2.45, 2.75) is 44.2 Å². The van der Waals surface area contributed by atoms with Crippen LogP contribution in [0.25, 0.3) is 0 Å². The SMILES string of the molecule is O=C[C@H]1O[C@@H](COCc2ccccc2)[C@@H](OCc2ccccc2)[C@@H]1OCc1ccccc1. The lowest BCUT2D eigenvalue weighted by Crippen LogP contribution is -2.39. The molecule has 0 N–H and O–H groups in total. The molecule has 0 radical (unpaired) electrons. The minimum absolute atomic E-state index is 0.309. The Bertz CT molecular complexity index is 932. The molecule has 1 fully saturated rings. The van der Waals surface area contributed by atoms with E-state index in [-0.39, 0.29) is 0 Å². The molecule has 0 aromatic heterocycles. The highest BCUT2D eigenvalue weighted by Gasteiger charge is 2.46. The largest absolute Gasteiger partial charge is 0.374 e. The Morgan fingerprint density at radius 1 is 0.656 bits per heavy atom. The predicted octanol–water partition coefficient (Wildman–Crippen LogP) is 4.34. The molecule has 3 aromatic carbocycles. The molecule has 4 rings (SSSR count). The number of carbonyl (C=O) groups is 1. The quantitative estimate of drug-likeness (QED) is 0.422. The fourth-order valence-corrected chi connectivity index (χ4v) is 3.79. The van der Waals surface area contributed by atoms with Crippen molar-refractivity contribution in [2.24, 2.45) is 0 Å². The topological polar surface area (TPSA) is 54.0 Å². The zero-order valence-electron chi connectivity index (χ0n) is 17.9. The minimum atomic E-state index is -0.704. The molecule has 0 saturated carbocycles. The first-order valence-corrected chi connectivity index (χ1v) is 10.9. The van der Waals surface area contributed by atoms with Gasteiger partial charge in [0, 0.05) is 0 Å². The maximum atomic E-state index is 11.8. The van der Waals surface area contributed by atoms with Gasteiger partial charge in [0.15, 0.2) is 6.29 Å². The molecule has 1 heterocycles. The number of hydrogen-bond donors (Lipinski definition) is 0. The zero-order valence-corrected chi connectivity index (χ0v) is 17.9. The fourth-order valence-electron chi connectivity index (χ4n) is 3.79. The van der Waals surface area contributed by atoms with Crippen molar-refractivity contribution in [2.75, 3.05) is 6.61 Å². The molecule has 4 atom stereocenters. The molecule has 1 aliphatic heterocycles. The number of hydrogen-bond acceptors (Lipinski definition) is 5. The second kappa shape index (κ2) is 11.7. The molecule has 1 aliphatic rings. The molecule has 5 heteroatoms. The van der Waals surface area contributed by atoms with Crippen LogP contribution in [0, 0.1) is 0 Å². The van der Waals surface area contributed by atoms with Gasteiger partial charge in [0.1, 0.15) is 24.4 Å². The van der Waals surface area contributed by atoms with Gasteiger partial charge in [-0.3, -0.25) is 0 Å². The lowest BCUT2D eigenvalue weighted by molar-refractivity contribution is -0.124. The van der Waals surface area contributed by atoms with Crippen LogP contribution in [0.1, 0.15) is 16.7 Å². The Kier molecular flexibility index (Phi) is 8.17. The molecule has 32 heavy (non-hydrogen) atoms. The van der Waals surface area contributed by atoms with Gasteiger partial charge in [-0.1, -0.05) is 91.0 Å². The van der Waals surface area contributed by atoms with Gasteiger partial charge < -0.3 is 23.7 Å². The first-order valence-electron chi connectivity index (χ1n) is 10.9. The number of ether oxygens (including phenoxy) is 4. The lowest BCUT2D eigenvalue weighted by Gasteiger charge is -2.24. The van der Waals surface area contributed by atoms with E-state index in [2.05, 4.69) is 0 Å². The number of aldehydes is 1. The van der Waals surface area contributed by atoms with Gasteiger partial charge in [-0.2, -0.15) is 0 Å². The molecule has 1 saturated heterocycles. The number of rotatable bonds is 11. The summed E-state index contributed by atoms with van der Waals surface area (Å²) >= 11 is 0. The summed E-state index contributed by atoms with van der Waals surface area (Å²) < 4.78 is 24.3. The predicted molar refractivity (Wildman–Crippen MR) is 121 cm³/mol. The van der Waals surface area contributed by atoms with Gasteiger partial charge in [0.25, 0.3) is 0 Å². The highest BCUT2D eigenvalue weighted by molar-refractivity contribution is 5.58. The van der Waals surface area contributed by atoms with Crippen LogP contribution in [-0.2, 0) is 43.6 Å². The van der Waals surface area contributed by atoms with Crippen molar-refractivity contribution in [3.05, 3.63) is 108 Å². The standard InChI is InChI=1S/C27H28O5/c28-16-24-26(30-18-22-12-6-2-7-13-22)27(31-19-23-14-8-3-9-15-23)25(32-24)20-29-17-21-10-4-1-5-11-21/h1-16,24-27H,17-20H2/t24-,25+,26-,27-/m1/s1. The Labute approximate surface area is 188 Å². The smallest absolute Gasteiger partial charge is 0.151 e. The van der Waals surface area contributed by atoms with Crippen LogP contribution in [0.3, 0.4) is 0 Å². The summed E-state index contributed by atoms with van der Waals surface area (Å²) in [5.41, 5.74) is 3.16. The van der Waals surface area contributed by atoms with Crippen molar-refractivity contribution >= 4 is 6.29 Å². The van der Waals surface area contributed by atoms with E-state index >= 15 is 0 Å². The van der Waals surface area contributed by atoms with E-state index in [1.807, 2.05) is 91.0 Å². The zero-order chi connectivity index (χ0) is 22.0. The maximum Gasteiger partial charge on any atom is 0.151 e. The fraction of sp³-hybridized carbons (Fsp3) is 0.296. The van der Waals surface area contributed by atoms with Crippen LogP contribution in [0.4, 0.5) is 0 Å². The maximum absolute atomic E-state index is 11.8. The van der Waals surface area contributed by atoms with E-state index in [0.717, 1.165) is 23.0 Å². The first kappa shape index (κ1) is 22.4. The van der Waals surface area contributed by atoms with Crippen LogP contribution < -0.4 is 0 Å². The Balaban J connectivity index is 1.43. The number of benzene rings is 3. The van der Waals surface area contributed by atoms with E-state index in [0.29, 0.717) is 26.4 Å². The van der Waals surface area contributed by atoms with Crippen molar-refractivity contribution in [1.29, 1.82) is 0 Å². The van der Waals surface area contributed by atoms with Gasteiger partial charge in [-0.25, -0.2) is 0 Å². The van der Waals surface area contributed by atoms with Crippen molar-refractivity contribution in [3.63, 3.8) is 0 Å². The van der Waals surface area contributed by atoms with E-state index in [1.54, 1.807) is 0 Å². The van der Waals surface area contributed by atoms with Crippen molar-refractivity contribution in [3.8, 4) is 0 Å². The van der Waals surface area contributed by atoms with E-state index in [9.17, 15) is 4.79 Å². The highest BCUT2D eigenvalue weighted by atomic mass is 16.6. The molecule has 3 aromatic rings. The average molecular weight is 433 g/mol. The number of carbonyl (C=O) groups excluding carboxylic acids is 1. The van der Waals surface area contributed by atoms with Crippen molar-refractivity contribution < 1.29 is 23.7 Å². The summed E-state index contributed by atoms with van der Waals surface area (Å²) in [6, 6.07) is 29.8. The summed E-state index contributed by atoms with van der Waals surface area (Å²) in [6.07, 6.45) is -1.25. The van der Waals surface area contributed by atoms with E-state index in [1.165, 1.54) is 0 Å². The highest BCUT2D eigenvalue weighted by Crippen LogP contribution is 2.28. The molecule has 5 nitrogen and oxygen atoms in total. The third kappa shape index (κ3) is 6.11. The van der Waals surface area contributed by atoms with Gasteiger partial charge >= 0.3 is 0 Å². The van der Waals surface area contributed by atoms with Crippen LogP contribution in [0.5, 0.6) is 0 Å². The monoisotopic (exact) mass is 432 g/mol. The first-order chi connectivity index (χ1) is 15.8. The summed E-state index contributed by atoms with van der Waals surface area (Å²) in [5.74, 6) is 0. The molecule has 0 spiro atoms. The summed E-state index contributed by atoms with van der Waals surface area (Å²) in [4.78, 5) is 11.8. The Morgan fingerprint density at radius 2 is 1.12 bits per heavy atom. The molecule has 0 unspecified atom stereocenters. The van der Waals surface area contributed by atoms with Gasteiger partial charge in [-0.05, 0) is 16.7 Å². The molecular weight excluding hydrogens is 404 g/mol. The molecule has 166 valence electrons. The average Bonchev–Trinajstić information content (AvgIpc) is 3.19. The van der Waals surface area contributed by atoms with Gasteiger partial charge in [0.05, 0.1) is 26.4 Å². The molecule has 0 aliphatic carbocycles. The van der Waals surface area contributed by atoms with Gasteiger partial charge in [0.2, 0.25) is 0 Å². The molecular formula is C27H28O5.